The van der Waals surface area contributed by atoms with Crippen molar-refractivity contribution in [2.24, 2.45) is 0 Å². The summed E-state index contributed by atoms with van der Waals surface area (Å²) in [4.78, 5) is 13.1. The molecule has 110 valence electrons. The van der Waals surface area contributed by atoms with E-state index in [1.54, 1.807) is 12.1 Å². The third kappa shape index (κ3) is 3.76. The molecule has 0 saturated carbocycles. The summed E-state index contributed by atoms with van der Waals surface area (Å²) in [6.45, 7) is 4.90. The molecule has 0 atom stereocenters. The van der Waals surface area contributed by atoms with Gasteiger partial charge in [-0.1, -0.05) is 41.9 Å². The smallest absolute Gasteiger partial charge is 0.335 e. The van der Waals surface area contributed by atoms with Crippen LogP contribution in [-0.4, -0.2) is 17.1 Å². The number of hydrogen-bond acceptors (Lipinski definition) is 2. The summed E-state index contributed by atoms with van der Waals surface area (Å²) in [6, 6.07) is 15.2. The number of anilines is 1. The van der Waals surface area contributed by atoms with Gasteiger partial charge in [-0.2, -0.15) is 0 Å². The normalized spacial score (nSPS) is 10.7. The lowest BCUT2D eigenvalue weighted by Gasteiger charge is -2.30. The minimum absolute atomic E-state index is 0.201. The van der Waals surface area contributed by atoms with Crippen molar-refractivity contribution >= 4 is 23.3 Å². The number of halogens is 1. The predicted octanol–water partition coefficient (Wildman–Crippen LogP) is 4.45. The second-order valence-corrected chi connectivity index (χ2v) is 5.59. The van der Waals surface area contributed by atoms with E-state index in [2.05, 4.69) is 30.9 Å². The van der Waals surface area contributed by atoms with Crippen molar-refractivity contribution in [3.63, 3.8) is 0 Å². The third-order valence-electron chi connectivity index (χ3n) is 3.32. The van der Waals surface area contributed by atoms with Gasteiger partial charge in [-0.15, -0.1) is 0 Å². The van der Waals surface area contributed by atoms with Crippen LogP contribution in [0.1, 0.15) is 29.8 Å². The van der Waals surface area contributed by atoms with Gasteiger partial charge in [0.15, 0.2) is 0 Å². The van der Waals surface area contributed by atoms with E-state index in [-0.39, 0.29) is 11.6 Å². The fourth-order valence-corrected chi connectivity index (χ4v) is 2.49. The van der Waals surface area contributed by atoms with Gasteiger partial charge in [-0.3, -0.25) is 0 Å². The fourth-order valence-electron chi connectivity index (χ4n) is 2.20. The minimum Gasteiger partial charge on any atom is -0.478 e. The lowest BCUT2D eigenvalue weighted by Crippen LogP contribution is -2.30. The molecular weight excluding hydrogens is 286 g/mol. The van der Waals surface area contributed by atoms with E-state index in [9.17, 15) is 4.79 Å². The topological polar surface area (TPSA) is 40.5 Å². The molecule has 0 aliphatic heterocycles. The zero-order valence-electron chi connectivity index (χ0n) is 12.1. The van der Waals surface area contributed by atoms with Gasteiger partial charge in [0, 0.05) is 12.6 Å². The molecule has 0 aliphatic rings. The second-order valence-electron chi connectivity index (χ2n) is 5.18. The highest BCUT2D eigenvalue weighted by molar-refractivity contribution is 6.33. The van der Waals surface area contributed by atoms with Crippen LogP contribution in [0.5, 0.6) is 0 Å². The number of nitrogens with zero attached hydrogens (tertiary/aromatic N) is 1. The highest BCUT2D eigenvalue weighted by atomic mass is 35.5. The molecule has 0 unspecified atom stereocenters. The van der Waals surface area contributed by atoms with Crippen LogP contribution in [0.15, 0.2) is 48.5 Å². The maximum absolute atomic E-state index is 11.0. The monoisotopic (exact) mass is 303 g/mol. The molecule has 0 aliphatic carbocycles. The molecule has 0 spiro atoms. The quantitative estimate of drug-likeness (QED) is 0.887. The fraction of sp³-hybridized carbons (Fsp3) is 0.235. The highest BCUT2D eigenvalue weighted by Gasteiger charge is 2.16. The summed E-state index contributed by atoms with van der Waals surface area (Å²) >= 11 is 6.27. The molecular formula is C17H18ClNO2. The Kier molecular flexibility index (Phi) is 4.86. The molecule has 0 bridgehead atoms. The number of carboxylic acids is 1. The van der Waals surface area contributed by atoms with Crippen molar-refractivity contribution in [1.82, 2.24) is 0 Å². The molecule has 0 radical (unpaired) electrons. The summed E-state index contributed by atoms with van der Waals surface area (Å²) in [5.41, 5.74) is 2.23. The summed E-state index contributed by atoms with van der Waals surface area (Å²) in [5, 5.41) is 9.47. The van der Waals surface area contributed by atoms with Gasteiger partial charge in [-0.25, -0.2) is 4.79 Å². The Morgan fingerprint density at radius 2 is 1.86 bits per heavy atom. The molecule has 0 fully saturated rings. The molecule has 2 rings (SSSR count). The van der Waals surface area contributed by atoms with Crippen LogP contribution in [0.2, 0.25) is 5.02 Å². The van der Waals surface area contributed by atoms with E-state index in [1.807, 2.05) is 18.2 Å². The van der Waals surface area contributed by atoms with Crippen LogP contribution < -0.4 is 4.90 Å². The van der Waals surface area contributed by atoms with Crippen LogP contribution in [0, 0.1) is 0 Å². The molecule has 0 amide bonds. The largest absolute Gasteiger partial charge is 0.478 e. The van der Waals surface area contributed by atoms with Crippen molar-refractivity contribution in [3.05, 3.63) is 64.7 Å². The molecule has 3 nitrogen and oxygen atoms in total. The van der Waals surface area contributed by atoms with Gasteiger partial charge in [-0.05, 0) is 37.6 Å². The highest BCUT2D eigenvalue weighted by Crippen LogP contribution is 2.29. The summed E-state index contributed by atoms with van der Waals surface area (Å²) in [5.74, 6) is -0.970. The second kappa shape index (κ2) is 6.64. The van der Waals surface area contributed by atoms with Gasteiger partial charge in [0.25, 0.3) is 0 Å². The van der Waals surface area contributed by atoms with Crippen molar-refractivity contribution in [2.45, 2.75) is 26.4 Å². The van der Waals surface area contributed by atoms with Gasteiger partial charge in [0.1, 0.15) is 0 Å². The Morgan fingerprint density at radius 3 is 2.38 bits per heavy atom. The van der Waals surface area contributed by atoms with E-state index in [1.165, 1.54) is 11.6 Å². The molecule has 21 heavy (non-hydrogen) atoms. The number of carboxylic acid groups (broad SMARTS) is 1. The molecule has 1 N–H and O–H groups in total. The molecule has 0 saturated heterocycles. The van der Waals surface area contributed by atoms with Crippen molar-refractivity contribution in [3.8, 4) is 0 Å². The first-order valence-electron chi connectivity index (χ1n) is 6.82. The Morgan fingerprint density at radius 1 is 1.19 bits per heavy atom. The van der Waals surface area contributed by atoms with E-state index in [0.717, 1.165) is 12.2 Å². The Hall–Kier alpha value is -2.00. The van der Waals surface area contributed by atoms with Crippen molar-refractivity contribution < 1.29 is 9.90 Å². The zero-order chi connectivity index (χ0) is 15.4. The van der Waals surface area contributed by atoms with E-state index >= 15 is 0 Å². The maximum Gasteiger partial charge on any atom is 0.335 e. The van der Waals surface area contributed by atoms with E-state index < -0.39 is 5.97 Å². The predicted molar refractivity (Wildman–Crippen MR) is 86.2 cm³/mol. The molecule has 4 heteroatoms. The molecule has 0 aromatic heterocycles. The Labute approximate surface area is 129 Å². The van der Waals surface area contributed by atoms with E-state index in [4.69, 9.17) is 16.7 Å². The summed E-state index contributed by atoms with van der Waals surface area (Å²) in [7, 11) is 0. The van der Waals surface area contributed by atoms with Crippen LogP contribution >= 0.6 is 11.6 Å². The Balaban J connectivity index is 2.32. The first kappa shape index (κ1) is 15.4. The number of rotatable bonds is 5. The van der Waals surface area contributed by atoms with Crippen LogP contribution in [-0.2, 0) is 6.54 Å². The summed E-state index contributed by atoms with van der Waals surface area (Å²) in [6.07, 6.45) is 0. The average molecular weight is 304 g/mol. The van der Waals surface area contributed by atoms with Gasteiger partial charge in [0.2, 0.25) is 0 Å². The van der Waals surface area contributed by atoms with Gasteiger partial charge < -0.3 is 10.0 Å². The SMILES string of the molecule is CC(C)N(Cc1ccccc1)c1ccc(C(=O)O)cc1Cl. The number of hydrogen-bond donors (Lipinski definition) is 1. The Bertz CT molecular complexity index is 626. The lowest BCUT2D eigenvalue weighted by molar-refractivity contribution is 0.0697. The molecule has 2 aromatic rings. The number of aromatic carboxylic acids is 1. The average Bonchev–Trinajstić information content (AvgIpc) is 2.46. The van der Waals surface area contributed by atoms with Gasteiger partial charge in [0.05, 0.1) is 16.3 Å². The van der Waals surface area contributed by atoms with Crippen LogP contribution in [0.4, 0.5) is 5.69 Å². The number of carbonyl (C=O) groups is 1. The first-order valence-corrected chi connectivity index (χ1v) is 7.20. The van der Waals surface area contributed by atoms with Crippen molar-refractivity contribution in [1.29, 1.82) is 0 Å². The molecule has 2 aromatic carbocycles. The zero-order valence-corrected chi connectivity index (χ0v) is 12.8. The van der Waals surface area contributed by atoms with E-state index in [0.29, 0.717) is 5.02 Å². The molecule has 0 heterocycles. The third-order valence-corrected chi connectivity index (χ3v) is 3.63. The number of benzene rings is 2. The first-order chi connectivity index (χ1) is 9.99. The van der Waals surface area contributed by atoms with Crippen molar-refractivity contribution in [2.75, 3.05) is 4.90 Å². The summed E-state index contributed by atoms with van der Waals surface area (Å²) < 4.78 is 0. The van der Waals surface area contributed by atoms with Crippen LogP contribution in [0.25, 0.3) is 0 Å². The van der Waals surface area contributed by atoms with Gasteiger partial charge >= 0.3 is 5.97 Å². The lowest BCUT2D eigenvalue weighted by atomic mass is 10.1. The standard InChI is InChI=1S/C17H18ClNO2/c1-12(2)19(11-13-6-4-3-5-7-13)16-9-8-14(17(20)21)10-15(16)18/h3-10,12H,11H2,1-2H3,(H,20,21). The van der Waals surface area contributed by atoms with Crippen LogP contribution in [0.3, 0.4) is 0 Å². The minimum atomic E-state index is -0.970. The maximum atomic E-state index is 11.0.